The fourth-order valence-electron chi connectivity index (χ4n) is 4.16. The van der Waals surface area contributed by atoms with Crippen LogP contribution in [0.4, 0.5) is 0 Å². The van der Waals surface area contributed by atoms with Crippen LogP contribution in [-0.4, -0.2) is 49.0 Å². The highest BCUT2D eigenvalue weighted by molar-refractivity contribution is 5.15. The van der Waals surface area contributed by atoms with Crippen molar-refractivity contribution in [3.8, 4) is 0 Å². The lowest BCUT2D eigenvalue weighted by Gasteiger charge is -2.29. The van der Waals surface area contributed by atoms with Crippen LogP contribution in [0.25, 0.3) is 0 Å². The van der Waals surface area contributed by atoms with E-state index in [2.05, 4.69) is 6.58 Å². The molecule has 1 fully saturated rings. The van der Waals surface area contributed by atoms with E-state index >= 15 is 0 Å². The summed E-state index contributed by atoms with van der Waals surface area (Å²) in [5, 5.41) is 10.7. The van der Waals surface area contributed by atoms with E-state index in [1.165, 1.54) is 0 Å². The van der Waals surface area contributed by atoms with Gasteiger partial charge in [-0.2, -0.15) is 0 Å². The number of aliphatic hydroxyl groups excluding tert-OH is 1. The first kappa shape index (κ1) is 26.2. The summed E-state index contributed by atoms with van der Waals surface area (Å²) in [7, 11) is 0. The minimum atomic E-state index is -1.16. The summed E-state index contributed by atoms with van der Waals surface area (Å²) in [5.74, 6) is 0. The van der Waals surface area contributed by atoms with Crippen molar-refractivity contribution in [3.63, 3.8) is 0 Å². The second-order valence-electron chi connectivity index (χ2n) is 8.67. The summed E-state index contributed by atoms with van der Waals surface area (Å²) in [6.07, 6.45) is -1.87. The van der Waals surface area contributed by atoms with Crippen molar-refractivity contribution in [1.82, 2.24) is 0 Å². The molecule has 0 aliphatic carbocycles. The Hall–Kier alpha value is -2.84. The van der Waals surface area contributed by atoms with E-state index in [0.29, 0.717) is 19.8 Å². The lowest BCUT2D eigenvalue weighted by molar-refractivity contribution is -0.172. The predicted molar refractivity (Wildman–Crippen MR) is 137 cm³/mol. The highest BCUT2D eigenvalue weighted by atomic mass is 16.7. The topological polar surface area (TPSA) is 66.4 Å². The average molecular weight is 491 g/mol. The van der Waals surface area contributed by atoms with Crippen LogP contribution in [0.5, 0.6) is 0 Å². The van der Waals surface area contributed by atoms with Crippen LogP contribution in [-0.2, 0) is 43.5 Å². The van der Waals surface area contributed by atoms with Crippen molar-refractivity contribution in [2.24, 2.45) is 0 Å². The van der Waals surface area contributed by atoms with Crippen LogP contribution >= 0.6 is 0 Å². The van der Waals surface area contributed by atoms with Gasteiger partial charge in [-0.05, 0) is 16.7 Å². The summed E-state index contributed by atoms with van der Waals surface area (Å²) in [6.45, 7) is 5.41. The van der Waals surface area contributed by atoms with Crippen LogP contribution in [0.3, 0.4) is 0 Å². The average Bonchev–Trinajstić information content (AvgIpc) is 3.24. The molecule has 0 radical (unpaired) electrons. The fraction of sp³-hybridized carbons (Fsp3) is 0.333. The summed E-state index contributed by atoms with van der Waals surface area (Å²) >= 11 is 0. The molecule has 1 aliphatic heterocycles. The van der Waals surface area contributed by atoms with Crippen molar-refractivity contribution >= 4 is 0 Å². The SMILES string of the molecule is C=CCO[C@H]1C(O)O[C@H]([C@@H](COCc2ccccc2)OCc2ccccc2)[C@@H]1OCc1ccccc1. The molecule has 3 aromatic rings. The van der Waals surface area contributed by atoms with Gasteiger partial charge in [-0.1, -0.05) is 97.1 Å². The van der Waals surface area contributed by atoms with Gasteiger partial charge in [-0.3, -0.25) is 0 Å². The van der Waals surface area contributed by atoms with Gasteiger partial charge in [0.25, 0.3) is 0 Å². The summed E-state index contributed by atoms with van der Waals surface area (Å²) in [6, 6.07) is 29.8. The third-order valence-corrected chi connectivity index (χ3v) is 5.98. The van der Waals surface area contributed by atoms with Crippen LogP contribution in [0.2, 0.25) is 0 Å². The predicted octanol–water partition coefficient (Wildman–Crippen LogP) is 4.66. The Morgan fingerprint density at radius 2 is 1.31 bits per heavy atom. The molecule has 1 heterocycles. The second-order valence-corrected chi connectivity index (χ2v) is 8.67. The van der Waals surface area contributed by atoms with E-state index in [1.54, 1.807) is 6.08 Å². The summed E-state index contributed by atoms with van der Waals surface area (Å²) in [4.78, 5) is 0. The Morgan fingerprint density at radius 3 is 1.89 bits per heavy atom. The van der Waals surface area contributed by atoms with Crippen LogP contribution < -0.4 is 0 Å². The molecule has 0 aromatic heterocycles. The van der Waals surface area contributed by atoms with Gasteiger partial charge in [0.15, 0.2) is 6.29 Å². The molecule has 1 saturated heterocycles. The Kier molecular flexibility index (Phi) is 10.2. The normalized spacial score (nSPS) is 22.4. The number of benzene rings is 3. The lowest BCUT2D eigenvalue weighted by Crippen LogP contribution is -2.45. The lowest BCUT2D eigenvalue weighted by atomic mass is 10.1. The standard InChI is InChI=1S/C30H34O6/c1-2-18-33-29-28(35-21-25-16-10-5-11-17-25)27(36-30(29)31)26(34-20-24-14-8-4-9-15-24)22-32-19-23-12-6-3-7-13-23/h2-17,26-31H,1,18-22H2/t26-,27-,28+,29-,30?/m1/s1. The molecule has 1 unspecified atom stereocenters. The maximum absolute atomic E-state index is 10.7. The zero-order chi connectivity index (χ0) is 25.0. The first-order valence-corrected chi connectivity index (χ1v) is 12.2. The van der Waals surface area contributed by atoms with Crippen molar-refractivity contribution in [3.05, 3.63) is 120 Å². The maximum atomic E-state index is 10.7. The Labute approximate surface area is 213 Å². The van der Waals surface area contributed by atoms with Gasteiger partial charge in [-0.15, -0.1) is 6.58 Å². The van der Waals surface area contributed by atoms with Crippen molar-refractivity contribution < 1.29 is 28.8 Å². The van der Waals surface area contributed by atoms with Crippen molar-refractivity contribution in [2.45, 2.75) is 50.5 Å². The minimum Gasteiger partial charge on any atom is -0.374 e. The number of ether oxygens (including phenoxy) is 5. The second kappa shape index (κ2) is 14.0. The molecule has 36 heavy (non-hydrogen) atoms. The molecule has 0 amide bonds. The van der Waals surface area contributed by atoms with Crippen molar-refractivity contribution in [2.75, 3.05) is 13.2 Å². The molecule has 1 N–H and O–H groups in total. The van der Waals surface area contributed by atoms with E-state index in [-0.39, 0.29) is 13.2 Å². The van der Waals surface area contributed by atoms with Gasteiger partial charge in [0, 0.05) is 0 Å². The van der Waals surface area contributed by atoms with Gasteiger partial charge in [0.2, 0.25) is 0 Å². The van der Waals surface area contributed by atoms with E-state index in [0.717, 1.165) is 16.7 Å². The van der Waals surface area contributed by atoms with E-state index < -0.39 is 30.7 Å². The number of aliphatic hydroxyl groups is 1. The highest BCUT2D eigenvalue weighted by Crippen LogP contribution is 2.30. The highest BCUT2D eigenvalue weighted by Gasteiger charge is 2.49. The Morgan fingerprint density at radius 1 is 0.750 bits per heavy atom. The van der Waals surface area contributed by atoms with E-state index in [4.69, 9.17) is 23.7 Å². The van der Waals surface area contributed by atoms with Gasteiger partial charge < -0.3 is 28.8 Å². The van der Waals surface area contributed by atoms with Gasteiger partial charge in [-0.25, -0.2) is 0 Å². The first-order valence-electron chi connectivity index (χ1n) is 12.2. The Bertz CT molecular complexity index is 1010. The largest absolute Gasteiger partial charge is 0.374 e. The smallest absolute Gasteiger partial charge is 0.184 e. The molecule has 0 saturated carbocycles. The zero-order valence-corrected chi connectivity index (χ0v) is 20.4. The molecule has 190 valence electrons. The number of hydrogen-bond donors (Lipinski definition) is 1. The third-order valence-electron chi connectivity index (χ3n) is 5.98. The molecule has 6 heteroatoms. The quantitative estimate of drug-likeness (QED) is 0.332. The molecular formula is C30H34O6. The molecule has 0 bridgehead atoms. The molecule has 5 atom stereocenters. The number of hydrogen-bond acceptors (Lipinski definition) is 6. The molecule has 4 rings (SSSR count). The molecule has 1 aliphatic rings. The monoisotopic (exact) mass is 490 g/mol. The van der Waals surface area contributed by atoms with Crippen molar-refractivity contribution in [1.29, 1.82) is 0 Å². The molecule has 3 aromatic carbocycles. The molecule has 0 spiro atoms. The Balaban J connectivity index is 1.49. The number of rotatable bonds is 14. The maximum Gasteiger partial charge on any atom is 0.184 e. The van der Waals surface area contributed by atoms with Gasteiger partial charge in [0.05, 0.1) is 33.0 Å². The van der Waals surface area contributed by atoms with Crippen LogP contribution in [0.15, 0.2) is 104 Å². The van der Waals surface area contributed by atoms with Gasteiger partial charge >= 0.3 is 0 Å². The van der Waals surface area contributed by atoms with E-state index in [1.807, 2.05) is 91.0 Å². The minimum absolute atomic E-state index is 0.262. The van der Waals surface area contributed by atoms with Crippen LogP contribution in [0, 0.1) is 0 Å². The fourth-order valence-corrected chi connectivity index (χ4v) is 4.16. The first-order chi connectivity index (χ1) is 17.7. The summed E-state index contributed by atoms with van der Waals surface area (Å²) < 4.78 is 30.5. The molecular weight excluding hydrogens is 456 g/mol. The summed E-state index contributed by atoms with van der Waals surface area (Å²) in [5.41, 5.74) is 3.11. The molecule has 6 nitrogen and oxygen atoms in total. The van der Waals surface area contributed by atoms with Gasteiger partial charge in [0.1, 0.15) is 24.4 Å². The zero-order valence-electron chi connectivity index (χ0n) is 20.4. The third kappa shape index (κ3) is 7.58. The van der Waals surface area contributed by atoms with E-state index in [9.17, 15) is 5.11 Å². The van der Waals surface area contributed by atoms with Crippen LogP contribution in [0.1, 0.15) is 16.7 Å².